The maximum atomic E-state index is 12.9. The van der Waals surface area contributed by atoms with Crippen LogP contribution in [0.2, 0.25) is 0 Å². The van der Waals surface area contributed by atoms with Crippen LogP contribution in [-0.2, 0) is 9.59 Å². The number of ether oxygens (including phenoxy) is 1. The summed E-state index contributed by atoms with van der Waals surface area (Å²) in [5.41, 5.74) is 6.47. The summed E-state index contributed by atoms with van der Waals surface area (Å²) in [6, 6.07) is 13.8. The molecule has 1 fully saturated rings. The number of nitrogens with two attached hydrogens (primary N) is 1. The first-order valence-corrected chi connectivity index (χ1v) is 10.4. The van der Waals surface area contributed by atoms with Crippen LogP contribution in [0.25, 0.3) is 0 Å². The van der Waals surface area contributed by atoms with Crippen LogP contribution >= 0.6 is 0 Å². The summed E-state index contributed by atoms with van der Waals surface area (Å²) in [7, 11) is 1.50. The number of fused-ring (bicyclic) bond motifs is 2. The van der Waals surface area contributed by atoms with Crippen LogP contribution in [0.15, 0.2) is 48.5 Å². The van der Waals surface area contributed by atoms with E-state index in [-0.39, 0.29) is 17.5 Å². The van der Waals surface area contributed by atoms with Crippen LogP contribution in [0.3, 0.4) is 0 Å². The van der Waals surface area contributed by atoms with E-state index >= 15 is 0 Å². The van der Waals surface area contributed by atoms with Gasteiger partial charge in [-0.3, -0.25) is 14.4 Å². The van der Waals surface area contributed by atoms with Gasteiger partial charge >= 0.3 is 5.97 Å². The summed E-state index contributed by atoms with van der Waals surface area (Å²) in [4.78, 5) is 38.1. The molecule has 0 bridgehead atoms. The number of benzene rings is 2. The topological polar surface area (TPSA) is 119 Å². The summed E-state index contributed by atoms with van der Waals surface area (Å²) in [6.07, 6.45) is 2.14. The van der Waals surface area contributed by atoms with Crippen molar-refractivity contribution in [1.29, 1.82) is 0 Å². The van der Waals surface area contributed by atoms with Gasteiger partial charge in [0.2, 0.25) is 11.6 Å². The molecule has 2 unspecified atom stereocenters. The zero-order chi connectivity index (χ0) is 22.2. The third-order valence-electron chi connectivity index (χ3n) is 6.65. The molecule has 0 amide bonds. The van der Waals surface area contributed by atoms with Crippen LogP contribution < -0.4 is 15.8 Å². The summed E-state index contributed by atoms with van der Waals surface area (Å²) in [5.74, 6) is -2.84. The minimum atomic E-state index is -1.88. The number of carboxylic acids is 1. The number of aliphatic carboxylic acids is 1. The number of nitrogens with one attached hydrogen (secondary N) is 1. The van der Waals surface area contributed by atoms with Crippen LogP contribution in [0.4, 0.5) is 5.69 Å². The lowest BCUT2D eigenvalue weighted by atomic mass is 9.66. The fourth-order valence-corrected chi connectivity index (χ4v) is 5.12. The molecule has 7 nitrogen and oxygen atoms in total. The summed E-state index contributed by atoms with van der Waals surface area (Å²) >= 11 is 0. The lowest BCUT2D eigenvalue weighted by Gasteiger charge is -2.44. The second-order valence-corrected chi connectivity index (χ2v) is 8.41. The Bertz CT molecular complexity index is 1020. The Kier molecular flexibility index (Phi) is 5.54. The average Bonchev–Trinajstić information content (AvgIpc) is 3.24. The third-order valence-corrected chi connectivity index (χ3v) is 6.65. The van der Waals surface area contributed by atoms with Gasteiger partial charge in [-0.2, -0.15) is 0 Å². The van der Waals surface area contributed by atoms with E-state index in [0.29, 0.717) is 5.75 Å². The predicted octanol–water partition coefficient (Wildman–Crippen LogP) is 3.00. The van der Waals surface area contributed by atoms with Crippen molar-refractivity contribution < 1.29 is 24.2 Å². The second-order valence-electron chi connectivity index (χ2n) is 8.41. The molecular formula is C24H26N2O5. The van der Waals surface area contributed by atoms with Gasteiger partial charge in [0.05, 0.1) is 7.11 Å². The maximum absolute atomic E-state index is 12.9. The molecule has 1 heterocycles. The predicted molar refractivity (Wildman–Crippen MR) is 115 cm³/mol. The molecule has 4 atom stereocenters. The first-order chi connectivity index (χ1) is 14.8. The van der Waals surface area contributed by atoms with Crippen LogP contribution in [-0.4, -0.2) is 41.3 Å². The molecule has 0 radical (unpaired) electrons. The number of methoxy groups -OCH3 is 1. The number of hydrogen-bond donors (Lipinski definition) is 3. The SMILES string of the molecule is COc1ccc(C(=O)C(=O)CC(N)(C(=O)O)C2c3ccccc3N[C@@H]3CCC[C@H]23)cc1. The highest BCUT2D eigenvalue weighted by atomic mass is 16.5. The number of carbonyl (C=O) groups is 3. The van der Waals surface area contributed by atoms with Gasteiger partial charge in [-0.25, -0.2) is 0 Å². The van der Waals surface area contributed by atoms with E-state index in [2.05, 4.69) is 5.32 Å². The van der Waals surface area contributed by atoms with E-state index in [1.54, 1.807) is 12.1 Å². The van der Waals surface area contributed by atoms with Crippen molar-refractivity contribution in [3.05, 3.63) is 59.7 Å². The Labute approximate surface area is 180 Å². The summed E-state index contributed by atoms with van der Waals surface area (Å²) in [6.45, 7) is 0. The standard InChI is InChI=1S/C24H26N2O5/c1-31-15-11-9-14(10-12-15)22(28)20(27)13-24(25,23(29)30)21-16-5-2-3-7-18(16)26-19-8-4-6-17(19)21/h2-3,5,7,9-12,17,19,21,26H,4,6,8,13,25H2,1H3,(H,29,30)/t17-,19+,21?,24?/m0/s1. The fourth-order valence-electron chi connectivity index (χ4n) is 5.12. The van der Waals surface area contributed by atoms with E-state index in [4.69, 9.17) is 10.5 Å². The molecule has 162 valence electrons. The Balaban J connectivity index is 1.67. The molecule has 0 aromatic heterocycles. The summed E-state index contributed by atoms with van der Waals surface area (Å²) < 4.78 is 5.07. The molecule has 31 heavy (non-hydrogen) atoms. The largest absolute Gasteiger partial charge is 0.497 e. The number of carboxylic acid groups (broad SMARTS) is 1. The first-order valence-electron chi connectivity index (χ1n) is 10.4. The second kappa shape index (κ2) is 8.15. The summed E-state index contributed by atoms with van der Waals surface area (Å²) in [5, 5.41) is 13.7. The normalized spacial score (nSPS) is 23.6. The van der Waals surface area contributed by atoms with E-state index in [1.807, 2.05) is 24.3 Å². The quantitative estimate of drug-likeness (QED) is 0.464. The van der Waals surface area contributed by atoms with Crippen molar-refractivity contribution in [2.75, 3.05) is 12.4 Å². The van der Waals surface area contributed by atoms with Crippen molar-refractivity contribution in [1.82, 2.24) is 0 Å². The lowest BCUT2D eigenvalue weighted by molar-refractivity contribution is -0.146. The number of carbonyl (C=O) groups excluding carboxylic acids is 2. The third kappa shape index (κ3) is 3.70. The van der Waals surface area contributed by atoms with Gasteiger partial charge in [-0.15, -0.1) is 0 Å². The highest BCUT2D eigenvalue weighted by molar-refractivity contribution is 6.44. The minimum absolute atomic E-state index is 0.0140. The van der Waals surface area contributed by atoms with Gasteiger partial charge in [-0.05, 0) is 54.7 Å². The molecule has 0 saturated heterocycles. The molecule has 4 N–H and O–H groups in total. The molecule has 4 rings (SSSR count). The Morgan fingerprint density at radius 3 is 2.52 bits per heavy atom. The number of Topliss-reactive ketones (excluding diaryl/α,β-unsaturated/α-hetero) is 2. The molecular weight excluding hydrogens is 396 g/mol. The number of rotatable bonds is 7. The molecule has 2 aromatic rings. The van der Waals surface area contributed by atoms with Crippen LogP contribution in [0, 0.1) is 5.92 Å². The van der Waals surface area contributed by atoms with E-state index in [0.717, 1.165) is 30.5 Å². The fraction of sp³-hybridized carbons (Fsp3) is 0.375. The van der Waals surface area contributed by atoms with Gasteiger partial charge in [0.1, 0.15) is 11.3 Å². The smallest absolute Gasteiger partial charge is 0.324 e. The van der Waals surface area contributed by atoms with E-state index in [9.17, 15) is 19.5 Å². The number of hydrogen-bond acceptors (Lipinski definition) is 6. The zero-order valence-electron chi connectivity index (χ0n) is 17.3. The monoisotopic (exact) mass is 422 g/mol. The van der Waals surface area contributed by atoms with E-state index < -0.39 is 35.4 Å². The average molecular weight is 422 g/mol. The maximum Gasteiger partial charge on any atom is 0.324 e. The highest BCUT2D eigenvalue weighted by Crippen LogP contribution is 2.50. The lowest BCUT2D eigenvalue weighted by Crippen LogP contribution is -2.59. The molecule has 2 aliphatic rings. The minimum Gasteiger partial charge on any atom is -0.497 e. The van der Waals surface area contributed by atoms with Gasteiger partial charge in [0, 0.05) is 29.6 Å². The van der Waals surface area contributed by atoms with Gasteiger partial charge in [0.25, 0.3) is 0 Å². The Morgan fingerprint density at radius 2 is 1.84 bits per heavy atom. The van der Waals surface area contributed by atoms with Gasteiger partial charge in [0.15, 0.2) is 0 Å². The van der Waals surface area contributed by atoms with Crippen molar-refractivity contribution in [3.63, 3.8) is 0 Å². The Hall–Kier alpha value is -3.19. The van der Waals surface area contributed by atoms with Gasteiger partial charge < -0.3 is 20.9 Å². The first kappa shape index (κ1) is 21.1. The molecule has 2 aromatic carbocycles. The molecule has 7 heteroatoms. The molecule has 1 aliphatic heterocycles. The van der Waals surface area contributed by atoms with Crippen LogP contribution in [0.1, 0.15) is 47.5 Å². The number of para-hydroxylation sites is 1. The van der Waals surface area contributed by atoms with Crippen molar-refractivity contribution in [3.8, 4) is 5.75 Å². The van der Waals surface area contributed by atoms with E-state index in [1.165, 1.54) is 19.2 Å². The molecule has 1 saturated carbocycles. The van der Waals surface area contributed by atoms with Crippen molar-refractivity contribution in [2.24, 2.45) is 11.7 Å². The number of ketones is 2. The zero-order valence-corrected chi connectivity index (χ0v) is 17.3. The van der Waals surface area contributed by atoms with Crippen LogP contribution in [0.5, 0.6) is 5.75 Å². The van der Waals surface area contributed by atoms with Gasteiger partial charge in [-0.1, -0.05) is 24.6 Å². The highest BCUT2D eigenvalue weighted by Gasteiger charge is 2.53. The molecule has 0 spiro atoms. The molecule has 1 aliphatic carbocycles. The van der Waals surface area contributed by atoms with Crippen molar-refractivity contribution >= 4 is 23.2 Å². The van der Waals surface area contributed by atoms with Crippen molar-refractivity contribution in [2.45, 2.75) is 43.2 Å². The Morgan fingerprint density at radius 1 is 1.13 bits per heavy atom. The number of anilines is 1.